The van der Waals surface area contributed by atoms with Crippen LogP contribution in [0.2, 0.25) is 0 Å². The molecule has 0 saturated heterocycles. The molecule has 0 radical (unpaired) electrons. The highest BCUT2D eigenvalue weighted by molar-refractivity contribution is 6.09. The molecule has 0 bridgehead atoms. The molecule has 0 fully saturated rings. The first-order chi connectivity index (χ1) is 27.3. The first-order valence-corrected chi connectivity index (χ1v) is 18.2. The summed E-state index contributed by atoms with van der Waals surface area (Å²) in [5.41, 5.74) is 12.8. The number of benzene rings is 5. The van der Waals surface area contributed by atoms with Crippen LogP contribution < -0.4 is 0 Å². The predicted molar refractivity (Wildman–Crippen MR) is 222 cm³/mol. The average Bonchev–Trinajstić information content (AvgIpc) is 3.61. The lowest BCUT2D eigenvalue weighted by atomic mass is 10.00. The molecular weight excluding hydrogens is 673 g/mol. The van der Waals surface area contributed by atoms with Crippen molar-refractivity contribution in [3.63, 3.8) is 0 Å². The number of nitrogens with zero attached hydrogens (tertiary/aromatic N) is 6. The Balaban J connectivity index is 1.16. The van der Waals surface area contributed by atoms with Crippen LogP contribution >= 0.6 is 0 Å². The largest absolute Gasteiger partial charge is 0.309 e. The molecule has 0 N–H and O–H groups in total. The smallest absolute Gasteiger partial charge is 0.160 e. The Bertz CT molecular complexity index is 2860. The van der Waals surface area contributed by atoms with Crippen LogP contribution in [0.1, 0.15) is 0 Å². The van der Waals surface area contributed by atoms with Gasteiger partial charge in [-0.05, 0) is 77.9 Å². The molecule has 5 aromatic heterocycles. The first-order valence-electron chi connectivity index (χ1n) is 18.2. The Morgan fingerprint density at radius 3 is 1.73 bits per heavy atom. The van der Waals surface area contributed by atoms with E-state index in [0.717, 1.165) is 78.7 Å². The van der Waals surface area contributed by atoms with Crippen LogP contribution in [0.5, 0.6) is 0 Å². The third-order valence-electron chi connectivity index (χ3n) is 9.92. The van der Waals surface area contributed by atoms with Gasteiger partial charge in [-0.1, -0.05) is 115 Å². The monoisotopic (exact) mass is 704 g/mol. The fourth-order valence-corrected chi connectivity index (χ4v) is 7.37. The van der Waals surface area contributed by atoms with Gasteiger partial charge in [-0.15, -0.1) is 0 Å². The second-order valence-corrected chi connectivity index (χ2v) is 13.4. The summed E-state index contributed by atoms with van der Waals surface area (Å²) in [6.07, 6.45) is 3.60. The number of hydrogen-bond donors (Lipinski definition) is 0. The molecule has 258 valence electrons. The van der Waals surface area contributed by atoms with Crippen molar-refractivity contribution in [2.45, 2.75) is 0 Å². The molecule has 0 spiro atoms. The van der Waals surface area contributed by atoms with E-state index in [2.05, 4.69) is 131 Å². The zero-order valence-corrected chi connectivity index (χ0v) is 29.7. The van der Waals surface area contributed by atoms with Crippen molar-refractivity contribution in [1.82, 2.24) is 29.5 Å². The summed E-state index contributed by atoms with van der Waals surface area (Å²) in [5.74, 6) is 0.619. The minimum Gasteiger partial charge on any atom is -0.309 e. The molecule has 5 aromatic carbocycles. The molecule has 0 amide bonds. The van der Waals surface area contributed by atoms with Gasteiger partial charge in [-0.25, -0.2) is 15.0 Å². The van der Waals surface area contributed by atoms with E-state index in [-0.39, 0.29) is 0 Å². The lowest BCUT2D eigenvalue weighted by Gasteiger charge is -2.14. The van der Waals surface area contributed by atoms with Gasteiger partial charge in [-0.3, -0.25) is 9.97 Å². The van der Waals surface area contributed by atoms with Crippen LogP contribution in [0.3, 0.4) is 0 Å². The van der Waals surface area contributed by atoms with E-state index in [1.807, 2.05) is 66.9 Å². The molecule has 0 aliphatic rings. The molecule has 6 heteroatoms. The minimum atomic E-state index is 0.619. The number of para-hydroxylation sites is 2. The number of fused-ring (bicyclic) bond motifs is 3. The average molecular weight is 705 g/mol. The van der Waals surface area contributed by atoms with Crippen molar-refractivity contribution >= 4 is 21.8 Å². The fraction of sp³-hybridized carbons (Fsp3) is 0. The summed E-state index contributed by atoms with van der Waals surface area (Å²) >= 11 is 0. The van der Waals surface area contributed by atoms with Crippen molar-refractivity contribution in [2.24, 2.45) is 0 Å². The van der Waals surface area contributed by atoms with Crippen molar-refractivity contribution in [1.29, 1.82) is 0 Å². The van der Waals surface area contributed by atoms with E-state index in [4.69, 9.17) is 19.9 Å². The fourth-order valence-electron chi connectivity index (χ4n) is 7.37. The van der Waals surface area contributed by atoms with Crippen LogP contribution in [0.25, 0.3) is 95.3 Å². The molecule has 10 rings (SSSR count). The second kappa shape index (κ2) is 13.8. The molecule has 0 atom stereocenters. The van der Waals surface area contributed by atoms with Gasteiger partial charge in [0.05, 0.1) is 45.2 Å². The van der Waals surface area contributed by atoms with E-state index >= 15 is 0 Å². The zero-order chi connectivity index (χ0) is 36.6. The van der Waals surface area contributed by atoms with Crippen molar-refractivity contribution < 1.29 is 0 Å². The maximum Gasteiger partial charge on any atom is 0.160 e. The molecular formula is C49H32N6. The number of aromatic nitrogens is 6. The predicted octanol–water partition coefficient (Wildman–Crippen LogP) is 11.8. The number of pyridine rings is 3. The lowest BCUT2D eigenvalue weighted by Crippen LogP contribution is -2.00. The highest BCUT2D eigenvalue weighted by atomic mass is 15.0. The van der Waals surface area contributed by atoms with E-state index in [1.165, 1.54) is 10.8 Å². The quantitative estimate of drug-likeness (QED) is 0.165. The molecule has 0 aliphatic carbocycles. The lowest BCUT2D eigenvalue weighted by molar-refractivity contribution is 1.15. The molecule has 55 heavy (non-hydrogen) atoms. The summed E-state index contributed by atoms with van der Waals surface area (Å²) in [4.78, 5) is 25.3. The summed E-state index contributed by atoms with van der Waals surface area (Å²) in [5, 5.41) is 2.43. The zero-order valence-electron chi connectivity index (χ0n) is 29.7. The normalized spacial score (nSPS) is 11.3. The first kappa shape index (κ1) is 32.1. The Kier molecular flexibility index (Phi) is 8.04. The van der Waals surface area contributed by atoms with Gasteiger partial charge in [0.1, 0.15) is 0 Å². The maximum absolute atomic E-state index is 5.29. The van der Waals surface area contributed by atoms with Crippen LogP contribution in [0, 0.1) is 0 Å². The van der Waals surface area contributed by atoms with Crippen molar-refractivity contribution in [2.75, 3.05) is 0 Å². The van der Waals surface area contributed by atoms with Gasteiger partial charge in [0.25, 0.3) is 0 Å². The van der Waals surface area contributed by atoms with E-state index in [0.29, 0.717) is 5.82 Å². The SMILES string of the molecule is c1ccc(-c2cc(-c3ccccn3)nc(-c3ncccc3-c3cc(-c4ccccc4)nc(-c4cccc(-n5c6ccccc6c6ccccc65)c4)n3)c2)cc1. The van der Waals surface area contributed by atoms with Gasteiger partial charge < -0.3 is 4.57 Å². The van der Waals surface area contributed by atoms with Crippen LogP contribution in [0.15, 0.2) is 194 Å². The van der Waals surface area contributed by atoms with Crippen LogP contribution in [0.4, 0.5) is 0 Å². The standard InChI is InChI=1S/C49H32N6/c1-3-15-33(16-4-1)36-30-44(41-24-11-12-27-50-41)52-45(31-36)48-40(23-14-28-51-48)43-32-42(34-17-5-2-6-18-34)53-49(54-43)35-19-13-20-37(29-35)55-46-25-9-7-21-38(46)39-22-8-10-26-47(39)55/h1-32H. The second-order valence-electron chi connectivity index (χ2n) is 13.4. The van der Waals surface area contributed by atoms with Gasteiger partial charge in [0.2, 0.25) is 0 Å². The van der Waals surface area contributed by atoms with Crippen LogP contribution in [-0.4, -0.2) is 29.5 Å². The van der Waals surface area contributed by atoms with Crippen molar-refractivity contribution in [3.05, 3.63) is 194 Å². The topological polar surface area (TPSA) is 69.4 Å². The maximum atomic E-state index is 5.29. The Hall–Kier alpha value is -7.57. The minimum absolute atomic E-state index is 0.619. The Morgan fingerprint density at radius 1 is 0.345 bits per heavy atom. The van der Waals surface area contributed by atoms with Crippen LogP contribution in [-0.2, 0) is 0 Å². The number of rotatable bonds is 7. The van der Waals surface area contributed by atoms with Gasteiger partial charge in [-0.2, -0.15) is 0 Å². The molecule has 0 unspecified atom stereocenters. The summed E-state index contributed by atoms with van der Waals surface area (Å²) in [6.45, 7) is 0. The van der Waals surface area contributed by atoms with E-state index in [1.54, 1.807) is 6.20 Å². The Morgan fingerprint density at radius 2 is 0.982 bits per heavy atom. The third kappa shape index (κ3) is 6.02. The molecule has 0 aliphatic heterocycles. The molecule has 5 heterocycles. The third-order valence-corrected chi connectivity index (χ3v) is 9.92. The van der Waals surface area contributed by atoms with Crippen molar-refractivity contribution in [3.8, 4) is 73.5 Å². The van der Waals surface area contributed by atoms with Gasteiger partial charge in [0, 0.05) is 45.5 Å². The highest BCUT2D eigenvalue weighted by Gasteiger charge is 2.19. The summed E-state index contributed by atoms with van der Waals surface area (Å²) < 4.78 is 2.32. The van der Waals surface area contributed by atoms with E-state index in [9.17, 15) is 0 Å². The molecule has 10 aromatic rings. The summed E-state index contributed by atoms with van der Waals surface area (Å²) in [6, 6.07) is 62.3. The van der Waals surface area contributed by atoms with E-state index < -0.39 is 0 Å². The number of hydrogen-bond acceptors (Lipinski definition) is 5. The molecule has 0 saturated carbocycles. The molecule has 6 nitrogen and oxygen atoms in total. The van der Waals surface area contributed by atoms with Gasteiger partial charge >= 0.3 is 0 Å². The Labute approximate surface area is 318 Å². The van der Waals surface area contributed by atoms with Gasteiger partial charge in [0.15, 0.2) is 5.82 Å². The summed E-state index contributed by atoms with van der Waals surface area (Å²) in [7, 11) is 0. The highest BCUT2D eigenvalue weighted by Crippen LogP contribution is 2.37.